The van der Waals surface area contributed by atoms with E-state index in [4.69, 9.17) is 0 Å². The monoisotopic (exact) mass is 363 g/mol. The first-order valence-corrected chi connectivity index (χ1v) is 8.94. The molecule has 0 aliphatic carbocycles. The van der Waals surface area contributed by atoms with Crippen molar-refractivity contribution in [2.24, 2.45) is 4.99 Å². The van der Waals surface area contributed by atoms with Gasteiger partial charge in [-0.25, -0.2) is 4.99 Å². The lowest BCUT2D eigenvalue weighted by atomic mass is 10.4. The minimum atomic E-state index is 0.439. The van der Waals surface area contributed by atoms with Crippen molar-refractivity contribution in [1.82, 2.24) is 39.8 Å². The summed E-state index contributed by atoms with van der Waals surface area (Å²) in [4.78, 5) is 4.62. The fraction of sp³-hybridized carbons (Fsp3) is 0.278. The fourth-order valence-electron chi connectivity index (χ4n) is 2.84. The summed E-state index contributed by atoms with van der Waals surface area (Å²) in [5, 5.41) is 23.4. The van der Waals surface area contributed by atoms with Crippen LogP contribution in [-0.2, 0) is 13.0 Å². The van der Waals surface area contributed by atoms with E-state index in [2.05, 4.69) is 36.0 Å². The number of nitrogens with one attached hydrogen (secondary N) is 2. The van der Waals surface area contributed by atoms with Crippen LogP contribution in [0.4, 0.5) is 0 Å². The minimum absolute atomic E-state index is 0.439. The second-order valence-corrected chi connectivity index (χ2v) is 5.96. The van der Waals surface area contributed by atoms with Crippen molar-refractivity contribution in [2.75, 3.05) is 13.1 Å². The Morgan fingerprint density at radius 1 is 0.889 bits per heavy atom. The molecule has 9 heteroatoms. The van der Waals surface area contributed by atoms with Crippen LogP contribution in [0, 0.1) is 0 Å². The summed E-state index contributed by atoms with van der Waals surface area (Å²) in [5.41, 5.74) is 1.67. The molecule has 0 fully saturated rings. The van der Waals surface area contributed by atoms with Gasteiger partial charge >= 0.3 is 0 Å². The maximum atomic E-state index is 4.62. The van der Waals surface area contributed by atoms with E-state index in [-0.39, 0.29) is 0 Å². The lowest BCUT2D eigenvalue weighted by Crippen LogP contribution is -2.38. The van der Waals surface area contributed by atoms with Crippen LogP contribution in [0.15, 0.2) is 53.8 Å². The molecular formula is C18H21N9. The molecule has 0 aliphatic heterocycles. The van der Waals surface area contributed by atoms with Gasteiger partial charge in [-0.2, -0.15) is 0 Å². The standard InChI is InChI=1S/C18H21N9/c1-2-19-18(21-13-17-25-23-15-8-4-6-12-27(15)17)20-10-9-16-24-22-14-7-3-5-11-26(14)16/h3-8,11-12H,2,9-10,13H2,1H3,(H2,19,20,21). The Labute approximate surface area is 156 Å². The molecule has 0 aliphatic rings. The van der Waals surface area contributed by atoms with Gasteiger partial charge < -0.3 is 10.6 Å². The first-order valence-electron chi connectivity index (χ1n) is 8.94. The van der Waals surface area contributed by atoms with E-state index in [1.165, 1.54) is 0 Å². The third-order valence-corrected chi connectivity index (χ3v) is 4.13. The number of nitrogens with zero attached hydrogens (tertiary/aromatic N) is 7. The van der Waals surface area contributed by atoms with E-state index < -0.39 is 0 Å². The molecule has 0 atom stereocenters. The number of hydrogen-bond donors (Lipinski definition) is 2. The Bertz CT molecular complexity index is 1060. The maximum absolute atomic E-state index is 4.62. The molecule has 0 amide bonds. The molecule has 9 nitrogen and oxygen atoms in total. The van der Waals surface area contributed by atoms with Gasteiger partial charge in [-0.1, -0.05) is 12.1 Å². The average molecular weight is 363 g/mol. The SMILES string of the molecule is CCNC(=NCc1nnc2ccccn12)NCCc1nnc2ccccn12. The number of guanidine groups is 1. The molecule has 0 saturated carbocycles. The summed E-state index contributed by atoms with van der Waals surface area (Å²) >= 11 is 0. The van der Waals surface area contributed by atoms with Gasteiger partial charge in [0.15, 0.2) is 23.1 Å². The van der Waals surface area contributed by atoms with Crippen molar-refractivity contribution in [1.29, 1.82) is 0 Å². The second kappa shape index (κ2) is 7.81. The van der Waals surface area contributed by atoms with E-state index in [0.717, 1.165) is 41.9 Å². The number of rotatable bonds is 6. The first kappa shape index (κ1) is 17.0. The zero-order chi connectivity index (χ0) is 18.5. The van der Waals surface area contributed by atoms with Crippen LogP contribution >= 0.6 is 0 Å². The Hall–Kier alpha value is -3.49. The summed E-state index contributed by atoms with van der Waals surface area (Å²) in [7, 11) is 0. The topological polar surface area (TPSA) is 96.8 Å². The van der Waals surface area contributed by atoms with Gasteiger partial charge in [-0.3, -0.25) is 8.80 Å². The molecule has 0 radical (unpaired) electrons. The molecule has 4 aromatic heterocycles. The highest BCUT2D eigenvalue weighted by molar-refractivity contribution is 5.79. The molecule has 4 heterocycles. The van der Waals surface area contributed by atoms with Gasteiger partial charge in [0.25, 0.3) is 0 Å². The van der Waals surface area contributed by atoms with Gasteiger partial charge in [0.1, 0.15) is 12.4 Å². The first-order chi connectivity index (χ1) is 13.3. The van der Waals surface area contributed by atoms with Crippen molar-refractivity contribution < 1.29 is 0 Å². The van der Waals surface area contributed by atoms with Crippen molar-refractivity contribution in [3.63, 3.8) is 0 Å². The van der Waals surface area contributed by atoms with Crippen LogP contribution in [0.3, 0.4) is 0 Å². The minimum Gasteiger partial charge on any atom is -0.357 e. The molecule has 2 N–H and O–H groups in total. The van der Waals surface area contributed by atoms with Gasteiger partial charge in [0.05, 0.1) is 0 Å². The third-order valence-electron chi connectivity index (χ3n) is 4.13. The molecule has 4 aromatic rings. The molecular weight excluding hydrogens is 342 g/mol. The van der Waals surface area contributed by atoms with Crippen LogP contribution in [-0.4, -0.2) is 48.2 Å². The predicted molar refractivity (Wildman–Crippen MR) is 102 cm³/mol. The summed E-state index contributed by atoms with van der Waals surface area (Å²) < 4.78 is 3.93. The zero-order valence-corrected chi connectivity index (χ0v) is 15.1. The zero-order valence-electron chi connectivity index (χ0n) is 15.1. The summed E-state index contributed by atoms with van der Waals surface area (Å²) in [6, 6.07) is 11.7. The Morgan fingerprint density at radius 3 is 2.26 bits per heavy atom. The highest BCUT2D eigenvalue weighted by Gasteiger charge is 2.06. The largest absolute Gasteiger partial charge is 0.357 e. The van der Waals surface area contributed by atoms with Crippen LogP contribution in [0.2, 0.25) is 0 Å². The molecule has 4 rings (SSSR count). The highest BCUT2D eigenvalue weighted by Crippen LogP contribution is 2.04. The van der Waals surface area contributed by atoms with Crippen LogP contribution in [0.5, 0.6) is 0 Å². The van der Waals surface area contributed by atoms with Crippen molar-refractivity contribution in [2.45, 2.75) is 19.9 Å². The molecule has 138 valence electrons. The lowest BCUT2D eigenvalue weighted by molar-refractivity contribution is 0.758. The normalized spacial score (nSPS) is 12.0. The van der Waals surface area contributed by atoms with E-state index in [1.54, 1.807) is 0 Å². The molecule has 0 unspecified atom stereocenters. The van der Waals surface area contributed by atoms with Gasteiger partial charge in [0.2, 0.25) is 0 Å². The summed E-state index contributed by atoms with van der Waals surface area (Å²) in [6.07, 6.45) is 4.65. The number of fused-ring (bicyclic) bond motifs is 2. The Balaban J connectivity index is 1.41. The Kier molecular flexibility index (Phi) is 4.91. The third kappa shape index (κ3) is 3.71. The van der Waals surface area contributed by atoms with Gasteiger partial charge in [0, 0.05) is 31.9 Å². The second-order valence-electron chi connectivity index (χ2n) is 5.96. The number of pyridine rings is 2. The van der Waals surface area contributed by atoms with Crippen molar-refractivity contribution in [3.05, 3.63) is 60.4 Å². The predicted octanol–water partition coefficient (Wildman–Crippen LogP) is 1.07. The van der Waals surface area contributed by atoms with E-state index in [1.807, 2.05) is 64.5 Å². The van der Waals surface area contributed by atoms with Crippen LogP contribution in [0.25, 0.3) is 11.3 Å². The molecule has 27 heavy (non-hydrogen) atoms. The number of aromatic nitrogens is 6. The highest BCUT2D eigenvalue weighted by atomic mass is 15.3. The van der Waals surface area contributed by atoms with Gasteiger partial charge in [-0.15, -0.1) is 20.4 Å². The van der Waals surface area contributed by atoms with Crippen LogP contribution in [0.1, 0.15) is 18.6 Å². The number of hydrogen-bond acceptors (Lipinski definition) is 5. The van der Waals surface area contributed by atoms with E-state index in [0.29, 0.717) is 13.1 Å². The fourth-order valence-corrected chi connectivity index (χ4v) is 2.84. The number of aliphatic imine (C=N–C) groups is 1. The average Bonchev–Trinajstić information content (AvgIpc) is 3.30. The lowest BCUT2D eigenvalue weighted by Gasteiger charge is -2.10. The van der Waals surface area contributed by atoms with E-state index >= 15 is 0 Å². The molecule has 0 spiro atoms. The molecule has 0 saturated heterocycles. The van der Waals surface area contributed by atoms with E-state index in [9.17, 15) is 0 Å². The maximum Gasteiger partial charge on any atom is 0.191 e. The molecule has 0 aromatic carbocycles. The summed E-state index contributed by atoms with van der Waals surface area (Å²) in [6.45, 7) is 3.95. The quantitative estimate of drug-likeness (QED) is 0.393. The molecule has 0 bridgehead atoms. The Morgan fingerprint density at radius 2 is 1.56 bits per heavy atom. The smallest absolute Gasteiger partial charge is 0.191 e. The summed E-state index contributed by atoms with van der Waals surface area (Å²) in [5.74, 6) is 2.45. The van der Waals surface area contributed by atoms with Crippen LogP contribution < -0.4 is 10.6 Å². The van der Waals surface area contributed by atoms with Crippen molar-refractivity contribution in [3.8, 4) is 0 Å². The van der Waals surface area contributed by atoms with Gasteiger partial charge in [-0.05, 0) is 31.2 Å². The van der Waals surface area contributed by atoms with Crippen molar-refractivity contribution >= 4 is 17.3 Å².